The van der Waals surface area contributed by atoms with E-state index in [1.165, 1.54) is 4.90 Å². The molecule has 18 heavy (non-hydrogen) atoms. The van der Waals surface area contributed by atoms with Crippen molar-refractivity contribution in [3.05, 3.63) is 0 Å². The molecule has 0 saturated carbocycles. The Hall–Kier alpha value is -1.63. The van der Waals surface area contributed by atoms with Crippen molar-refractivity contribution in [2.45, 2.75) is 13.0 Å². The lowest BCUT2D eigenvalue weighted by Crippen LogP contribution is -2.58. The van der Waals surface area contributed by atoms with Crippen LogP contribution in [0, 0.1) is 5.92 Å². The van der Waals surface area contributed by atoms with Crippen LogP contribution in [0.15, 0.2) is 0 Å². The smallest absolute Gasteiger partial charge is 0.241 e. The van der Waals surface area contributed by atoms with Crippen LogP contribution < -0.4 is 16.0 Å². The highest BCUT2D eigenvalue weighted by Gasteiger charge is 2.27. The first-order valence-electron chi connectivity index (χ1n) is 5.92. The quantitative estimate of drug-likeness (QED) is 0.538. The molecular weight excluding hydrogens is 236 g/mol. The molecule has 0 radical (unpaired) electrons. The van der Waals surface area contributed by atoms with Gasteiger partial charge in [-0.3, -0.25) is 19.7 Å². The predicted molar refractivity (Wildman–Crippen MR) is 65.7 cm³/mol. The largest absolute Gasteiger partial charge is 0.359 e. The van der Waals surface area contributed by atoms with Gasteiger partial charge in [0.25, 0.3) is 0 Å². The number of carbonyl (C=O) groups excluding carboxylic acids is 3. The van der Waals surface area contributed by atoms with Crippen molar-refractivity contribution in [1.82, 2.24) is 20.9 Å². The van der Waals surface area contributed by atoms with Crippen LogP contribution in [0.3, 0.4) is 0 Å². The third-order valence-electron chi connectivity index (χ3n) is 2.93. The minimum atomic E-state index is -0.412. The van der Waals surface area contributed by atoms with Crippen LogP contribution in [-0.2, 0) is 14.4 Å². The molecule has 102 valence electrons. The summed E-state index contributed by atoms with van der Waals surface area (Å²) >= 11 is 0. The fourth-order valence-electron chi connectivity index (χ4n) is 1.84. The van der Waals surface area contributed by atoms with Gasteiger partial charge in [0.15, 0.2) is 0 Å². The SMILES string of the molecule is CNC(=O)C(C)CN(C)C(=O)C1CNC(=O)CN1. The van der Waals surface area contributed by atoms with Gasteiger partial charge < -0.3 is 15.5 Å². The second kappa shape index (κ2) is 6.34. The molecule has 0 spiro atoms. The highest BCUT2D eigenvalue weighted by molar-refractivity contribution is 5.87. The van der Waals surface area contributed by atoms with Crippen molar-refractivity contribution in [1.29, 1.82) is 0 Å². The molecule has 7 heteroatoms. The molecule has 1 heterocycles. The van der Waals surface area contributed by atoms with Crippen molar-refractivity contribution >= 4 is 17.7 Å². The van der Waals surface area contributed by atoms with Crippen molar-refractivity contribution in [3.63, 3.8) is 0 Å². The predicted octanol–water partition coefficient (Wildman–Crippen LogP) is -2.09. The summed E-state index contributed by atoms with van der Waals surface area (Å²) in [5.74, 6) is -0.590. The second-order valence-electron chi connectivity index (χ2n) is 4.47. The van der Waals surface area contributed by atoms with Crippen LogP contribution in [0.4, 0.5) is 0 Å². The first kappa shape index (κ1) is 14.4. The molecule has 0 aromatic carbocycles. The molecule has 0 bridgehead atoms. The zero-order chi connectivity index (χ0) is 13.7. The lowest BCUT2D eigenvalue weighted by atomic mass is 10.1. The van der Waals surface area contributed by atoms with Crippen LogP contribution in [-0.4, -0.2) is 62.4 Å². The third kappa shape index (κ3) is 3.69. The molecule has 1 aliphatic rings. The van der Waals surface area contributed by atoms with Crippen LogP contribution >= 0.6 is 0 Å². The number of hydrogen-bond donors (Lipinski definition) is 3. The second-order valence-corrected chi connectivity index (χ2v) is 4.47. The van der Waals surface area contributed by atoms with Gasteiger partial charge in [0, 0.05) is 27.2 Å². The van der Waals surface area contributed by atoms with Gasteiger partial charge in [0.1, 0.15) is 6.04 Å². The van der Waals surface area contributed by atoms with Crippen LogP contribution in [0.1, 0.15) is 6.92 Å². The summed E-state index contributed by atoms with van der Waals surface area (Å²) in [6.45, 7) is 2.55. The zero-order valence-corrected chi connectivity index (χ0v) is 10.9. The molecule has 0 aromatic rings. The van der Waals surface area contributed by atoms with E-state index in [1.807, 2.05) is 0 Å². The maximum absolute atomic E-state index is 12.0. The molecule has 1 rings (SSSR count). The summed E-state index contributed by atoms with van der Waals surface area (Å²) in [5, 5.41) is 8.03. The molecule has 3 N–H and O–H groups in total. The van der Waals surface area contributed by atoms with Gasteiger partial charge in [-0.2, -0.15) is 0 Å². The van der Waals surface area contributed by atoms with E-state index in [2.05, 4.69) is 16.0 Å². The average molecular weight is 256 g/mol. The van der Waals surface area contributed by atoms with E-state index in [9.17, 15) is 14.4 Å². The Morgan fingerprint density at radius 1 is 1.56 bits per heavy atom. The first-order chi connectivity index (χ1) is 8.45. The van der Waals surface area contributed by atoms with Gasteiger partial charge in [-0.25, -0.2) is 0 Å². The molecule has 2 unspecified atom stereocenters. The Morgan fingerprint density at radius 3 is 2.72 bits per heavy atom. The Balaban J connectivity index is 2.46. The number of hydrogen-bond acceptors (Lipinski definition) is 4. The Labute approximate surface area is 106 Å². The maximum Gasteiger partial charge on any atom is 0.241 e. The average Bonchev–Trinajstić information content (AvgIpc) is 2.37. The Kier molecular flexibility index (Phi) is 5.08. The van der Waals surface area contributed by atoms with E-state index in [0.717, 1.165) is 0 Å². The zero-order valence-electron chi connectivity index (χ0n) is 10.9. The normalized spacial score (nSPS) is 20.8. The van der Waals surface area contributed by atoms with E-state index in [0.29, 0.717) is 6.54 Å². The first-order valence-corrected chi connectivity index (χ1v) is 5.92. The van der Waals surface area contributed by atoms with Gasteiger partial charge in [-0.15, -0.1) is 0 Å². The van der Waals surface area contributed by atoms with Crippen LogP contribution in [0.5, 0.6) is 0 Å². The van der Waals surface area contributed by atoms with E-state index >= 15 is 0 Å². The van der Waals surface area contributed by atoms with E-state index in [1.54, 1.807) is 21.0 Å². The molecule has 0 aromatic heterocycles. The number of nitrogens with zero attached hydrogens (tertiary/aromatic N) is 1. The monoisotopic (exact) mass is 256 g/mol. The van der Waals surface area contributed by atoms with Crippen molar-refractivity contribution in [2.75, 3.05) is 33.7 Å². The standard InChI is InChI=1S/C11H20N4O3/c1-7(10(17)12-2)6-15(3)11(18)8-4-14-9(16)5-13-8/h7-8,13H,4-6H2,1-3H3,(H,12,17)(H,14,16). The molecule has 2 atom stereocenters. The lowest BCUT2D eigenvalue weighted by Gasteiger charge is -2.28. The minimum absolute atomic E-state index is 0.0976. The fourth-order valence-corrected chi connectivity index (χ4v) is 1.84. The van der Waals surface area contributed by atoms with Crippen molar-refractivity contribution < 1.29 is 14.4 Å². The maximum atomic E-state index is 12.0. The molecular formula is C11H20N4O3. The lowest BCUT2D eigenvalue weighted by molar-refractivity contribution is -0.135. The molecule has 7 nitrogen and oxygen atoms in total. The van der Waals surface area contributed by atoms with Crippen molar-refractivity contribution in [2.24, 2.45) is 5.92 Å². The van der Waals surface area contributed by atoms with Crippen LogP contribution in [0.2, 0.25) is 0 Å². The molecule has 1 aliphatic heterocycles. The van der Waals surface area contributed by atoms with Gasteiger partial charge in [0.05, 0.1) is 12.5 Å². The molecule has 1 saturated heterocycles. The minimum Gasteiger partial charge on any atom is -0.359 e. The summed E-state index contributed by atoms with van der Waals surface area (Å²) < 4.78 is 0. The summed E-state index contributed by atoms with van der Waals surface area (Å²) in [4.78, 5) is 35.9. The Morgan fingerprint density at radius 2 is 2.22 bits per heavy atom. The molecule has 3 amide bonds. The highest BCUT2D eigenvalue weighted by Crippen LogP contribution is 2.01. The third-order valence-corrected chi connectivity index (χ3v) is 2.93. The van der Waals surface area contributed by atoms with Gasteiger partial charge in [-0.05, 0) is 0 Å². The topological polar surface area (TPSA) is 90.5 Å². The fraction of sp³-hybridized carbons (Fsp3) is 0.727. The van der Waals surface area contributed by atoms with E-state index < -0.39 is 6.04 Å². The summed E-state index contributed by atoms with van der Waals surface area (Å²) in [6, 6.07) is -0.412. The van der Waals surface area contributed by atoms with E-state index in [4.69, 9.17) is 0 Å². The highest BCUT2D eigenvalue weighted by atomic mass is 16.2. The summed E-state index contributed by atoms with van der Waals surface area (Å²) in [7, 11) is 3.22. The number of amides is 3. The van der Waals surface area contributed by atoms with Gasteiger partial charge >= 0.3 is 0 Å². The van der Waals surface area contributed by atoms with Gasteiger partial charge in [-0.1, -0.05) is 6.92 Å². The van der Waals surface area contributed by atoms with Crippen LogP contribution in [0.25, 0.3) is 0 Å². The molecule has 1 fully saturated rings. The number of carbonyl (C=O) groups is 3. The summed E-state index contributed by atoms with van der Waals surface area (Å²) in [5.41, 5.74) is 0. The van der Waals surface area contributed by atoms with Gasteiger partial charge in [0.2, 0.25) is 17.7 Å². The number of nitrogens with one attached hydrogen (secondary N) is 3. The van der Waals surface area contributed by atoms with E-state index in [-0.39, 0.29) is 36.7 Å². The summed E-state index contributed by atoms with van der Waals surface area (Å²) in [6.07, 6.45) is 0. The number of rotatable bonds is 4. The van der Waals surface area contributed by atoms with Crippen molar-refractivity contribution in [3.8, 4) is 0 Å². The Bertz CT molecular complexity index is 335. The number of likely N-dealkylation sites (N-methyl/N-ethyl adjacent to an activating group) is 1. The number of piperazine rings is 1. The molecule has 0 aliphatic carbocycles.